The molecule has 1 amide bonds. The number of halogens is 2. The molecule has 1 aromatic carbocycles. The van der Waals surface area contributed by atoms with Crippen molar-refractivity contribution in [1.29, 1.82) is 0 Å². The Labute approximate surface area is 127 Å². The number of hydrogen-bond donors (Lipinski definition) is 2. The van der Waals surface area contributed by atoms with Gasteiger partial charge in [-0.05, 0) is 53.6 Å². The van der Waals surface area contributed by atoms with Crippen LogP contribution in [-0.4, -0.2) is 18.0 Å². The third-order valence-electron chi connectivity index (χ3n) is 3.28. The van der Waals surface area contributed by atoms with Crippen molar-refractivity contribution in [3.63, 3.8) is 0 Å². The van der Waals surface area contributed by atoms with Crippen LogP contribution in [0.1, 0.15) is 31.1 Å². The fourth-order valence-electron chi connectivity index (χ4n) is 1.40. The summed E-state index contributed by atoms with van der Waals surface area (Å²) in [7, 11) is 0. The molecule has 100 valence electrons. The Kier molecular flexibility index (Phi) is 5.43. The van der Waals surface area contributed by atoms with E-state index in [9.17, 15) is 4.79 Å². The van der Waals surface area contributed by atoms with Crippen molar-refractivity contribution in [3.05, 3.63) is 32.4 Å². The number of nitrogens with two attached hydrogens (primary N) is 1. The molecule has 0 fully saturated rings. The Bertz CT molecular complexity index is 451. The van der Waals surface area contributed by atoms with E-state index in [0.29, 0.717) is 17.1 Å². The van der Waals surface area contributed by atoms with Gasteiger partial charge in [0, 0.05) is 15.7 Å². The molecule has 0 bridgehead atoms. The second kappa shape index (κ2) is 6.21. The van der Waals surface area contributed by atoms with Gasteiger partial charge >= 0.3 is 0 Å². The molecule has 0 aliphatic carbocycles. The predicted molar refractivity (Wildman–Crippen MR) is 83.9 cm³/mol. The van der Waals surface area contributed by atoms with Crippen LogP contribution in [-0.2, 0) is 0 Å². The highest BCUT2D eigenvalue weighted by Gasteiger charge is 2.28. The summed E-state index contributed by atoms with van der Waals surface area (Å²) in [6, 6.07) is 5.27. The fraction of sp³-hybridized carbons (Fsp3) is 0.462. The van der Waals surface area contributed by atoms with Gasteiger partial charge in [-0.3, -0.25) is 4.79 Å². The molecule has 1 rings (SSSR count). The van der Waals surface area contributed by atoms with Gasteiger partial charge in [-0.2, -0.15) is 0 Å². The van der Waals surface area contributed by atoms with Crippen LogP contribution in [0, 0.1) is 9.49 Å². The molecule has 0 aromatic heterocycles. The van der Waals surface area contributed by atoms with Crippen LogP contribution in [0.3, 0.4) is 0 Å². The second-order valence-electron chi connectivity index (χ2n) is 4.86. The Hall–Kier alpha value is -0.330. The van der Waals surface area contributed by atoms with Crippen molar-refractivity contribution in [1.82, 2.24) is 5.32 Å². The Morgan fingerprint density at radius 1 is 1.56 bits per heavy atom. The van der Waals surface area contributed by atoms with E-state index in [4.69, 9.17) is 17.3 Å². The standard InChI is InChI=1S/C13H18ClIN2O/c1-8(2)13(3,7-16)17-12(18)9-4-5-11(15)10(14)6-9/h4-6,8H,7,16H2,1-3H3,(H,17,18). The number of amides is 1. The van der Waals surface area contributed by atoms with Crippen LogP contribution < -0.4 is 11.1 Å². The van der Waals surface area contributed by atoms with E-state index in [0.717, 1.165) is 3.57 Å². The summed E-state index contributed by atoms with van der Waals surface area (Å²) in [4.78, 5) is 12.2. The van der Waals surface area contributed by atoms with Crippen molar-refractivity contribution in [2.24, 2.45) is 11.7 Å². The average molecular weight is 381 g/mol. The van der Waals surface area contributed by atoms with Crippen molar-refractivity contribution in [2.75, 3.05) is 6.54 Å². The summed E-state index contributed by atoms with van der Waals surface area (Å²) in [5.41, 5.74) is 5.89. The van der Waals surface area contributed by atoms with E-state index in [1.807, 2.05) is 26.8 Å². The molecule has 0 aliphatic heterocycles. The topological polar surface area (TPSA) is 55.1 Å². The first-order chi connectivity index (χ1) is 8.30. The van der Waals surface area contributed by atoms with Gasteiger partial charge in [0.05, 0.1) is 10.6 Å². The number of carbonyl (C=O) groups excluding carboxylic acids is 1. The largest absolute Gasteiger partial charge is 0.345 e. The van der Waals surface area contributed by atoms with Gasteiger partial charge in [-0.1, -0.05) is 25.4 Å². The van der Waals surface area contributed by atoms with Gasteiger partial charge in [-0.15, -0.1) is 0 Å². The summed E-state index contributed by atoms with van der Waals surface area (Å²) in [5.74, 6) is 0.112. The highest BCUT2D eigenvalue weighted by atomic mass is 127. The van der Waals surface area contributed by atoms with Gasteiger partial charge in [0.25, 0.3) is 5.91 Å². The Balaban J connectivity index is 2.91. The van der Waals surface area contributed by atoms with Crippen LogP contribution in [0.15, 0.2) is 18.2 Å². The maximum Gasteiger partial charge on any atom is 0.251 e. The molecule has 0 saturated heterocycles. The molecular formula is C13H18ClIN2O. The van der Waals surface area contributed by atoms with Gasteiger partial charge in [0.15, 0.2) is 0 Å². The molecule has 0 saturated carbocycles. The average Bonchev–Trinajstić information content (AvgIpc) is 2.32. The first-order valence-corrected chi connectivity index (χ1v) is 7.23. The minimum atomic E-state index is -0.410. The molecule has 3 N–H and O–H groups in total. The molecule has 1 unspecified atom stereocenters. The third-order valence-corrected chi connectivity index (χ3v) is 4.85. The zero-order valence-corrected chi connectivity index (χ0v) is 13.7. The van der Waals surface area contributed by atoms with Gasteiger partial charge in [-0.25, -0.2) is 0 Å². The van der Waals surface area contributed by atoms with Crippen molar-refractivity contribution in [2.45, 2.75) is 26.3 Å². The maximum absolute atomic E-state index is 12.2. The first-order valence-electron chi connectivity index (χ1n) is 5.78. The van der Waals surface area contributed by atoms with E-state index in [-0.39, 0.29) is 11.8 Å². The second-order valence-corrected chi connectivity index (χ2v) is 6.43. The SMILES string of the molecule is CC(C)C(C)(CN)NC(=O)c1ccc(I)c(Cl)c1. The van der Waals surface area contributed by atoms with Crippen LogP contribution >= 0.6 is 34.2 Å². The highest BCUT2D eigenvalue weighted by Crippen LogP contribution is 2.21. The summed E-state index contributed by atoms with van der Waals surface area (Å²) < 4.78 is 0.927. The Morgan fingerprint density at radius 3 is 2.61 bits per heavy atom. The normalized spacial score (nSPS) is 14.4. The monoisotopic (exact) mass is 380 g/mol. The molecule has 18 heavy (non-hydrogen) atoms. The van der Waals surface area contributed by atoms with Crippen LogP contribution in [0.5, 0.6) is 0 Å². The summed E-state index contributed by atoms with van der Waals surface area (Å²) >= 11 is 8.14. The summed E-state index contributed by atoms with van der Waals surface area (Å²) in [6.07, 6.45) is 0. The lowest BCUT2D eigenvalue weighted by molar-refractivity contribution is 0.0883. The van der Waals surface area contributed by atoms with Crippen molar-refractivity contribution >= 4 is 40.1 Å². The van der Waals surface area contributed by atoms with Crippen LogP contribution in [0.4, 0.5) is 0 Å². The molecule has 0 radical (unpaired) electrons. The van der Waals surface area contributed by atoms with E-state index in [1.54, 1.807) is 12.1 Å². The molecule has 1 atom stereocenters. The third kappa shape index (κ3) is 3.59. The molecule has 1 aromatic rings. The lowest BCUT2D eigenvalue weighted by Crippen LogP contribution is -2.55. The smallest absolute Gasteiger partial charge is 0.251 e. The first kappa shape index (κ1) is 15.7. The molecule has 0 aliphatic rings. The highest BCUT2D eigenvalue weighted by molar-refractivity contribution is 14.1. The minimum Gasteiger partial charge on any atom is -0.345 e. The maximum atomic E-state index is 12.2. The molecule has 0 heterocycles. The van der Waals surface area contributed by atoms with Gasteiger partial charge in [0.2, 0.25) is 0 Å². The van der Waals surface area contributed by atoms with E-state index >= 15 is 0 Å². The van der Waals surface area contributed by atoms with E-state index < -0.39 is 5.54 Å². The lowest BCUT2D eigenvalue weighted by atomic mass is 9.88. The predicted octanol–water partition coefficient (Wildman–Crippen LogP) is 3.05. The molecular weight excluding hydrogens is 363 g/mol. The van der Waals surface area contributed by atoms with Crippen molar-refractivity contribution in [3.8, 4) is 0 Å². The van der Waals surface area contributed by atoms with Crippen LogP contribution in [0.25, 0.3) is 0 Å². The summed E-state index contributed by atoms with van der Waals surface area (Å²) in [5, 5.41) is 3.57. The zero-order valence-electron chi connectivity index (χ0n) is 10.8. The Morgan fingerprint density at radius 2 is 2.17 bits per heavy atom. The summed E-state index contributed by atoms with van der Waals surface area (Å²) in [6.45, 7) is 6.42. The number of hydrogen-bond acceptors (Lipinski definition) is 2. The van der Waals surface area contributed by atoms with Gasteiger partial charge in [0.1, 0.15) is 0 Å². The van der Waals surface area contributed by atoms with E-state index in [1.165, 1.54) is 0 Å². The van der Waals surface area contributed by atoms with Gasteiger partial charge < -0.3 is 11.1 Å². The number of benzene rings is 1. The molecule has 3 nitrogen and oxygen atoms in total. The van der Waals surface area contributed by atoms with Crippen molar-refractivity contribution < 1.29 is 4.79 Å². The number of rotatable bonds is 4. The molecule has 5 heteroatoms. The molecule has 0 spiro atoms. The number of carbonyl (C=O) groups is 1. The van der Waals surface area contributed by atoms with E-state index in [2.05, 4.69) is 27.9 Å². The fourth-order valence-corrected chi connectivity index (χ4v) is 1.92. The quantitative estimate of drug-likeness (QED) is 0.789. The zero-order chi connectivity index (χ0) is 13.9. The number of nitrogens with one attached hydrogen (secondary N) is 1. The minimum absolute atomic E-state index is 0.144. The lowest BCUT2D eigenvalue weighted by Gasteiger charge is -2.33. The van der Waals surface area contributed by atoms with Crippen LogP contribution in [0.2, 0.25) is 5.02 Å².